The van der Waals surface area contributed by atoms with E-state index in [-0.39, 0.29) is 35.0 Å². The Morgan fingerprint density at radius 2 is 1.97 bits per heavy atom. The highest BCUT2D eigenvalue weighted by atomic mass is 32.1. The molecule has 1 aromatic carbocycles. The first-order chi connectivity index (χ1) is 15.3. The second-order valence-corrected chi connectivity index (χ2v) is 9.23. The number of ether oxygens (including phenoxy) is 1. The third kappa shape index (κ3) is 4.97. The average Bonchev–Trinajstić information content (AvgIpc) is 2.72. The number of carbonyl (C=O) groups excluding carboxylic acids is 2. The lowest BCUT2D eigenvalue weighted by Gasteiger charge is -2.35. The van der Waals surface area contributed by atoms with Crippen molar-refractivity contribution in [1.82, 2.24) is 19.8 Å². The fourth-order valence-corrected chi connectivity index (χ4v) is 4.00. The van der Waals surface area contributed by atoms with E-state index >= 15 is 0 Å². The molecule has 3 rings (SSSR count). The van der Waals surface area contributed by atoms with Gasteiger partial charge in [-0.2, -0.15) is 0 Å². The van der Waals surface area contributed by atoms with E-state index < -0.39 is 35.1 Å². The van der Waals surface area contributed by atoms with Gasteiger partial charge in [-0.1, -0.05) is 0 Å². The molecule has 2 heterocycles. The van der Waals surface area contributed by atoms with Gasteiger partial charge in [0, 0.05) is 35.5 Å². The zero-order chi connectivity index (χ0) is 24.7. The molecule has 0 fully saturated rings. The van der Waals surface area contributed by atoms with E-state index in [0.717, 1.165) is 10.6 Å². The number of hydrogen-bond acceptors (Lipinski definition) is 5. The smallest absolute Gasteiger partial charge is 0.410 e. The number of H-pyrrole nitrogens is 1. The molecule has 1 aromatic heterocycles. The normalized spacial score (nSPS) is 15.9. The van der Waals surface area contributed by atoms with Crippen molar-refractivity contribution in [2.45, 2.75) is 58.7 Å². The van der Waals surface area contributed by atoms with Crippen LogP contribution >= 0.6 is 12.2 Å². The molecule has 2 aromatic rings. The summed E-state index contributed by atoms with van der Waals surface area (Å²) < 4.78 is 34.1. The topological polar surface area (TPSA) is 96.4 Å². The zero-order valence-electron chi connectivity index (χ0n) is 19.0. The molecule has 2 N–H and O–H groups in total. The van der Waals surface area contributed by atoms with Crippen molar-refractivity contribution in [1.29, 1.82) is 0 Å². The summed E-state index contributed by atoms with van der Waals surface area (Å²) in [4.78, 5) is 42.2. The van der Waals surface area contributed by atoms with Crippen LogP contribution in [0.5, 0.6) is 0 Å². The van der Waals surface area contributed by atoms with Crippen LogP contribution in [0.25, 0.3) is 5.69 Å². The van der Waals surface area contributed by atoms with Crippen LogP contribution in [0.2, 0.25) is 0 Å². The summed E-state index contributed by atoms with van der Waals surface area (Å²) >= 11 is 5.33. The summed E-state index contributed by atoms with van der Waals surface area (Å²) in [5.41, 5.74) is -0.985. The van der Waals surface area contributed by atoms with E-state index in [1.165, 1.54) is 24.1 Å². The molecule has 0 unspecified atom stereocenters. The van der Waals surface area contributed by atoms with Gasteiger partial charge < -0.3 is 15.0 Å². The minimum absolute atomic E-state index is 0.0408. The van der Waals surface area contributed by atoms with Crippen molar-refractivity contribution >= 4 is 24.2 Å². The van der Waals surface area contributed by atoms with Crippen LogP contribution in [0.3, 0.4) is 0 Å². The van der Waals surface area contributed by atoms with Gasteiger partial charge in [0.05, 0.1) is 12.2 Å². The molecule has 8 nitrogen and oxygen atoms in total. The summed E-state index contributed by atoms with van der Waals surface area (Å²) in [6, 6.07) is 3.32. The van der Waals surface area contributed by atoms with E-state index in [9.17, 15) is 23.2 Å². The van der Waals surface area contributed by atoms with Crippen molar-refractivity contribution in [3.63, 3.8) is 0 Å². The molecule has 33 heavy (non-hydrogen) atoms. The Kier molecular flexibility index (Phi) is 6.73. The number of aromatic nitrogens is 2. The maximum absolute atomic E-state index is 13.9. The third-order valence-electron chi connectivity index (χ3n) is 5.27. The van der Waals surface area contributed by atoms with E-state index in [4.69, 9.17) is 17.0 Å². The largest absolute Gasteiger partial charge is 0.444 e. The van der Waals surface area contributed by atoms with Crippen LogP contribution in [0.4, 0.5) is 13.6 Å². The summed E-state index contributed by atoms with van der Waals surface area (Å²) in [6.45, 7) is 7.13. The third-order valence-corrected chi connectivity index (χ3v) is 5.55. The molecule has 1 aliphatic rings. The number of rotatable bonds is 3. The van der Waals surface area contributed by atoms with Gasteiger partial charge in [0.2, 0.25) is 0 Å². The first kappa shape index (κ1) is 24.6. The Morgan fingerprint density at radius 1 is 1.30 bits per heavy atom. The van der Waals surface area contributed by atoms with E-state index in [2.05, 4.69) is 10.3 Å². The summed E-state index contributed by atoms with van der Waals surface area (Å²) in [7, 11) is 1.39. The molecule has 0 saturated carbocycles. The van der Waals surface area contributed by atoms with E-state index in [0.29, 0.717) is 11.3 Å². The van der Waals surface area contributed by atoms with Gasteiger partial charge in [-0.25, -0.2) is 13.6 Å². The lowest BCUT2D eigenvalue weighted by Crippen LogP contribution is -2.47. The molecule has 0 aliphatic carbocycles. The number of fused-ring (bicyclic) bond motifs is 1. The minimum atomic E-state index is -2.94. The molecule has 0 bridgehead atoms. The molecule has 1 atom stereocenters. The Labute approximate surface area is 194 Å². The first-order valence-electron chi connectivity index (χ1n) is 10.3. The summed E-state index contributed by atoms with van der Waals surface area (Å²) in [5.74, 6) is -0.526. The van der Waals surface area contributed by atoms with E-state index in [1.807, 2.05) is 0 Å². The summed E-state index contributed by atoms with van der Waals surface area (Å²) in [6.07, 6.45) is -3.27. The van der Waals surface area contributed by atoms with Crippen LogP contribution in [0.15, 0.2) is 23.0 Å². The minimum Gasteiger partial charge on any atom is -0.444 e. The van der Waals surface area contributed by atoms with Crippen LogP contribution in [-0.4, -0.2) is 45.1 Å². The maximum Gasteiger partial charge on any atom is 0.410 e. The average molecular weight is 481 g/mol. The molecule has 0 radical (unpaired) electrons. The zero-order valence-corrected chi connectivity index (χ0v) is 19.8. The number of benzene rings is 1. The van der Waals surface area contributed by atoms with Gasteiger partial charge in [0.1, 0.15) is 5.60 Å². The number of nitrogens with zero attached hydrogens (tertiary/aromatic N) is 2. The highest BCUT2D eigenvalue weighted by Crippen LogP contribution is 2.28. The Bertz CT molecular complexity index is 1220. The van der Waals surface area contributed by atoms with Crippen LogP contribution in [0, 0.1) is 4.77 Å². The van der Waals surface area contributed by atoms with Crippen LogP contribution < -0.4 is 10.9 Å². The molecule has 2 amide bonds. The number of hydrogen-bond donors (Lipinski definition) is 2. The molecular formula is C22H26F2N4O4S. The number of aromatic amines is 1. The number of nitrogens with one attached hydrogen (secondary N) is 2. The number of carbonyl (C=O) groups is 2. The standard InChI is InChI=1S/C22H26F2N4O4S/c1-11-8-13-15(10-27(11)21(31)32-22(2,3)4)26-20(33)28(19(13)30)16-7-6-12(18(29)25-5)9-14(16)17(23)24/h6-7,9,11,17H,8,10H2,1-5H3,(H,25,29)(H,26,33)/t11-/m1/s1. The second kappa shape index (κ2) is 9.05. The van der Waals surface area contributed by atoms with Gasteiger partial charge in [-0.15, -0.1) is 0 Å². The fraction of sp³-hybridized carbons (Fsp3) is 0.455. The molecule has 0 spiro atoms. The highest BCUT2D eigenvalue weighted by Gasteiger charge is 2.33. The first-order valence-corrected chi connectivity index (χ1v) is 10.8. The Balaban J connectivity index is 2.09. The predicted molar refractivity (Wildman–Crippen MR) is 121 cm³/mol. The van der Waals surface area contributed by atoms with Crippen LogP contribution in [-0.2, 0) is 17.7 Å². The second-order valence-electron chi connectivity index (χ2n) is 8.84. The van der Waals surface area contributed by atoms with Gasteiger partial charge >= 0.3 is 6.09 Å². The van der Waals surface area contributed by atoms with Crippen molar-refractivity contribution in [2.24, 2.45) is 0 Å². The van der Waals surface area contributed by atoms with Gasteiger partial charge in [-0.05, 0) is 64.5 Å². The fourth-order valence-electron chi connectivity index (χ4n) is 3.70. The van der Waals surface area contributed by atoms with E-state index in [1.54, 1.807) is 27.7 Å². The molecule has 11 heteroatoms. The summed E-state index contributed by atoms with van der Waals surface area (Å²) in [5, 5.41) is 2.38. The van der Waals surface area contributed by atoms with Crippen molar-refractivity contribution < 1.29 is 23.1 Å². The van der Waals surface area contributed by atoms with Crippen molar-refractivity contribution in [2.75, 3.05) is 7.05 Å². The maximum atomic E-state index is 13.9. The Morgan fingerprint density at radius 3 is 2.55 bits per heavy atom. The number of halogens is 2. The molecule has 0 saturated heterocycles. The van der Waals surface area contributed by atoms with Gasteiger partial charge in [0.15, 0.2) is 4.77 Å². The lowest BCUT2D eigenvalue weighted by molar-refractivity contribution is 0.0133. The highest BCUT2D eigenvalue weighted by molar-refractivity contribution is 7.71. The molecule has 1 aliphatic heterocycles. The monoisotopic (exact) mass is 480 g/mol. The SMILES string of the molecule is CNC(=O)c1ccc(-n2c(=S)[nH]c3c(c2=O)C[C@@H](C)N(C(=O)OC(C)(C)C)C3)c(C(F)F)c1. The molecular weight excluding hydrogens is 454 g/mol. The van der Waals surface area contributed by atoms with Gasteiger partial charge in [0.25, 0.3) is 17.9 Å². The number of amides is 2. The predicted octanol–water partition coefficient (Wildman–Crippen LogP) is 3.87. The van der Waals surface area contributed by atoms with Crippen molar-refractivity contribution in [3.05, 3.63) is 55.7 Å². The number of alkyl halides is 2. The van der Waals surface area contributed by atoms with Crippen LogP contribution in [0.1, 0.15) is 61.3 Å². The quantitative estimate of drug-likeness (QED) is 0.650. The lowest BCUT2D eigenvalue weighted by atomic mass is 10.00. The van der Waals surface area contributed by atoms with Crippen molar-refractivity contribution in [3.8, 4) is 5.69 Å². The van der Waals surface area contributed by atoms with Gasteiger partial charge in [-0.3, -0.25) is 19.1 Å². The Hall–Kier alpha value is -3.08. The molecule has 178 valence electrons.